The minimum Gasteiger partial charge on any atom is -0.373 e. The molecule has 2 N–H and O–H groups in total. The number of halogens is 3. The number of rotatable bonds is 2. The Bertz CT molecular complexity index is 1430. The Kier molecular flexibility index (Phi) is 4.56. The largest absolute Gasteiger partial charge is 0.373 e. The number of carbonyl (C=O) groups is 1. The Morgan fingerprint density at radius 2 is 1.87 bits per heavy atom. The van der Waals surface area contributed by atoms with Crippen molar-refractivity contribution >= 4 is 39.2 Å². The van der Waals surface area contributed by atoms with Crippen LogP contribution in [0.1, 0.15) is 27.8 Å². The maximum absolute atomic E-state index is 14.0. The van der Waals surface area contributed by atoms with Gasteiger partial charge in [0.15, 0.2) is 11.6 Å². The van der Waals surface area contributed by atoms with Gasteiger partial charge in [0.1, 0.15) is 5.69 Å². The first-order valence-corrected chi connectivity index (χ1v) is 9.89. The van der Waals surface area contributed by atoms with E-state index in [9.17, 15) is 18.4 Å². The average molecular weight is 444 g/mol. The van der Waals surface area contributed by atoms with Gasteiger partial charge in [-0.05, 0) is 35.7 Å². The van der Waals surface area contributed by atoms with Crippen molar-refractivity contribution < 1.29 is 18.3 Å². The number of aromatic nitrogens is 2. The maximum Gasteiger partial charge on any atom is 0.270 e. The Morgan fingerprint density at radius 1 is 1.13 bits per heavy atom. The lowest BCUT2D eigenvalue weighted by atomic mass is 9.95. The van der Waals surface area contributed by atoms with Gasteiger partial charge in [0.25, 0.3) is 11.5 Å². The van der Waals surface area contributed by atoms with E-state index in [0.717, 1.165) is 17.6 Å². The lowest BCUT2D eigenvalue weighted by Crippen LogP contribution is -2.37. The fraction of sp³-hybridized carbons (Fsp3) is 0.182. The van der Waals surface area contributed by atoms with Crippen LogP contribution in [0.4, 0.5) is 8.78 Å². The van der Waals surface area contributed by atoms with Gasteiger partial charge in [-0.2, -0.15) is 0 Å². The molecule has 2 aromatic heterocycles. The number of H-pyrrole nitrogens is 2. The van der Waals surface area contributed by atoms with Gasteiger partial charge in [-0.25, -0.2) is 8.78 Å². The van der Waals surface area contributed by atoms with Crippen molar-refractivity contribution in [3.8, 4) is 0 Å². The van der Waals surface area contributed by atoms with Gasteiger partial charge in [-0.3, -0.25) is 9.59 Å². The predicted molar refractivity (Wildman–Crippen MR) is 112 cm³/mol. The first-order chi connectivity index (χ1) is 14.8. The minimum absolute atomic E-state index is 0.0165. The van der Waals surface area contributed by atoms with Crippen molar-refractivity contribution in [3.05, 3.63) is 80.4 Å². The van der Waals surface area contributed by atoms with Crippen molar-refractivity contribution in [3.63, 3.8) is 0 Å². The monoisotopic (exact) mass is 443 g/mol. The van der Waals surface area contributed by atoms with Crippen LogP contribution in [0.5, 0.6) is 0 Å². The SMILES string of the molecule is CN(C(=O)c1cc2c(Cl)cccc2[nH]1)C1COCc2[nH]c(=O)c3cc(F)c(F)cc3c21. The summed E-state index contributed by atoms with van der Waals surface area (Å²) in [6, 6.07) is 8.24. The summed E-state index contributed by atoms with van der Waals surface area (Å²) in [5.41, 5.74) is 1.46. The highest BCUT2D eigenvalue weighted by Crippen LogP contribution is 2.34. The third kappa shape index (κ3) is 3.10. The zero-order chi connectivity index (χ0) is 21.9. The number of nitrogens with one attached hydrogen (secondary N) is 2. The molecule has 1 amide bonds. The van der Waals surface area contributed by atoms with E-state index in [1.807, 2.05) is 6.07 Å². The number of benzene rings is 2. The van der Waals surface area contributed by atoms with E-state index >= 15 is 0 Å². The van der Waals surface area contributed by atoms with E-state index in [4.69, 9.17) is 16.3 Å². The number of hydrogen-bond acceptors (Lipinski definition) is 3. The summed E-state index contributed by atoms with van der Waals surface area (Å²) < 4.78 is 33.4. The summed E-state index contributed by atoms with van der Waals surface area (Å²) in [6.07, 6.45) is 0. The zero-order valence-corrected chi connectivity index (χ0v) is 17.0. The van der Waals surface area contributed by atoms with Gasteiger partial charge in [-0.15, -0.1) is 0 Å². The van der Waals surface area contributed by atoms with Crippen molar-refractivity contribution in [2.24, 2.45) is 0 Å². The molecule has 0 bridgehead atoms. The number of ether oxygens (including phenoxy) is 1. The molecule has 6 nitrogen and oxygen atoms in total. The molecule has 158 valence electrons. The van der Waals surface area contributed by atoms with Crippen molar-refractivity contribution in [2.75, 3.05) is 13.7 Å². The molecule has 0 fully saturated rings. The Labute approximate surface area is 179 Å². The molecular weight excluding hydrogens is 428 g/mol. The molecule has 0 saturated heterocycles. The van der Waals surface area contributed by atoms with Crippen molar-refractivity contribution in [2.45, 2.75) is 12.6 Å². The molecule has 1 unspecified atom stereocenters. The molecule has 0 aliphatic carbocycles. The second-order valence-electron chi connectivity index (χ2n) is 7.49. The predicted octanol–water partition coefficient (Wildman–Crippen LogP) is 4.28. The molecule has 1 aliphatic heterocycles. The van der Waals surface area contributed by atoms with Gasteiger partial charge in [0.05, 0.1) is 24.6 Å². The molecule has 0 saturated carbocycles. The topological polar surface area (TPSA) is 78.2 Å². The number of pyridine rings is 1. The maximum atomic E-state index is 14.0. The molecular formula is C22H16ClF2N3O3. The normalized spacial score (nSPS) is 15.9. The number of amides is 1. The molecule has 31 heavy (non-hydrogen) atoms. The van der Waals surface area contributed by atoms with Gasteiger partial charge in [0.2, 0.25) is 0 Å². The van der Waals surface area contributed by atoms with Crippen LogP contribution in [-0.2, 0) is 11.3 Å². The third-order valence-electron chi connectivity index (χ3n) is 5.67. The van der Waals surface area contributed by atoms with E-state index in [2.05, 4.69) is 9.97 Å². The van der Waals surface area contributed by atoms with E-state index in [1.54, 1.807) is 25.2 Å². The first-order valence-electron chi connectivity index (χ1n) is 9.51. The van der Waals surface area contributed by atoms with Gasteiger partial charge >= 0.3 is 0 Å². The van der Waals surface area contributed by atoms with E-state index in [-0.39, 0.29) is 29.9 Å². The minimum atomic E-state index is -1.11. The average Bonchev–Trinajstić information content (AvgIpc) is 3.19. The highest BCUT2D eigenvalue weighted by Gasteiger charge is 2.32. The Hall–Kier alpha value is -3.23. The fourth-order valence-corrected chi connectivity index (χ4v) is 4.34. The molecule has 3 heterocycles. The molecule has 1 aliphatic rings. The fourth-order valence-electron chi connectivity index (χ4n) is 4.11. The van der Waals surface area contributed by atoms with Crippen LogP contribution in [0, 0.1) is 11.6 Å². The zero-order valence-electron chi connectivity index (χ0n) is 16.3. The number of nitrogens with zero attached hydrogens (tertiary/aromatic N) is 1. The van der Waals surface area contributed by atoms with Crippen LogP contribution in [0.15, 0.2) is 41.2 Å². The van der Waals surface area contributed by atoms with Crippen molar-refractivity contribution in [1.29, 1.82) is 0 Å². The number of hydrogen-bond donors (Lipinski definition) is 2. The van der Waals surface area contributed by atoms with Gasteiger partial charge in [-0.1, -0.05) is 17.7 Å². The summed E-state index contributed by atoms with van der Waals surface area (Å²) in [6.45, 7) is 0.233. The Morgan fingerprint density at radius 3 is 2.61 bits per heavy atom. The first kappa shape index (κ1) is 19.7. The molecule has 0 radical (unpaired) electrons. The number of likely N-dealkylation sites (N-methyl/N-ethyl adjacent to an activating group) is 1. The summed E-state index contributed by atoms with van der Waals surface area (Å²) in [4.78, 5) is 32.8. The summed E-state index contributed by atoms with van der Waals surface area (Å²) in [7, 11) is 1.59. The van der Waals surface area contributed by atoms with Crippen LogP contribution in [0.25, 0.3) is 21.7 Å². The third-order valence-corrected chi connectivity index (χ3v) is 6.00. The van der Waals surface area contributed by atoms with Gasteiger partial charge in [0, 0.05) is 34.2 Å². The standard InChI is InChI=1S/C22H16ClF2N3O3/c1-28(22(30)17-7-12-13(23)3-2-4-16(12)26-17)19-9-31-8-18-20(19)10-5-14(24)15(25)6-11(10)21(29)27-18/h2-7,19,26H,8-9H2,1H3,(H,27,29). The highest BCUT2D eigenvalue weighted by molar-refractivity contribution is 6.35. The molecule has 5 rings (SSSR count). The lowest BCUT2D eigenvalue weighted by molar-refractivity contribution is 0.0333. The highest BCUT2D eigenvalue weighted by atomic mass is 35.5. The second-order valence-corrected chi connectivity index (χ2v) is 7.90. The molecule has 1 atom stereocenters. The molecule has 2 aromatic carbocycles. The molecule has 0 spiro atoms. The number of fused-ring (bicyclic) bond motifs is 4. The van der Waals surface area contributed by atoms with E-state index in [1.165, 1.54) is 4.90 Å². The van der Waals surface area contributed by atoms with E-state index in [0.29, 0.717) is 27.4 Å². The summed E-state index contributed by atoms with van der Waals surface area (Å²) in [5.74, 6) is -2.51. The molecule has 4 aromatic rings. The number of carbonyl (C=O) groups excluding carboxylic acids is 1. The van der Waals surface area contributed by atoms with Crippen LogP contribution >= 0.6 is 11.6 Å². The lowest BCUT2D eigenvalue weighted by Gasteiger charge is -2.33. The van der Waals surface area contributed by atoms with Gasteiger partial charge < -0.3 is 19.6 Å². The number of aromatic amines is 2. The molecule has 9 heteroatoms. The summed E-state index contributed by atoms with van der Waals surface area (Å²) in [5, 5.41) is 1.50. The smallest absolute Gasteiger partial charge is 0.270 e. The van der Waals surface area contributed by atoms with Crippen LogP contribution in [-0.4, -0.2) is 34.4 Å². The second kappa shape index (κ2) is 7.18. The quantitative estimate of drug-likeness (QED) is 0.485. The van der Waals surface area contributed by atoms with Crippen LogP contribution < -0.4 is 5.56 Å². The van der Waals surface area contributed by atoms with Crippen molar-refractivity contribution in [1.82, 2.24) is 14.9 Å². The van der Waals surface area contributed by atoms with E-state index < -0.39 is 23.2 Å². The van der Waals surface area contributed by atoms with Crippen LogP contribution in [0.2, 0.25) is 5.02 Å². The Balaban J connectivity index is 1.62. The summed E-state index contributed by atoms with van der Waals surface area (Å²) >= 11 is 6.21. The van der Waals surface area contributed by atoms with Crippen LogP contribution in [0.3, 0.4) is 0 Å².